The summed E-state index contributed by atoms with van der Waals surface area (Å²) < 4.78 is 22.8. The molecule has 0 aliphatic rings. The van der Waals surface area contributed by atoms with Crippen molar-refractivity contribution in [3.63, 3.8) is 0 Å². The lowest BCUT2D eigenvalue weighted by Gasteiger charge is -2.20. The second kappa shape index (κ2) is 4.77. The molecule has 3 nitrogen and oxygen atoms in total. The average molecular weight is 228 g/mol. The van der Waals surface area contributed by atoms with Gasteiger partial charge >= 0.3 is 0 Å². The van der Waals surface area contributed by atoms with E-state index < -0.39 is 21.2 Å². The highest BCUT2D eigenvalue weighted by Crippen LogP contribution is 2.23. The molecule has 84 valence electrons. The largest absolute Gasteiger partial charge is 0.387 e. The molecule has 1 aromatic carbocycles. The molecule has 2 atom stereocenters. The van der Waals surface area contributed by atoms with Crippen LogP contribution in [-0.2, 0) is 9.84 Å². The van der Waals surface area contributed by atoms with Crippen molar-refractivity contribution in [2.75, 3.05) is 6.26 Å². The fourth-order valence-corrected chi connectivity index (χ4v) is 2.86. The third-order valence-corrected chi connectivity index (χ3v) is 4.14. The fourth-order valence-electron chi connectivity index (χ4n) is 1.63. The Labute approximate surface area is 90.7 Å². The summed E-state index contributed by atoms with van der Waals surface area (Å²) >= 11 is 0. The van der Waals surface area contributed by atoms with Gasteiger partial charge in [-0.1, -0.05) is 37.3 Å². The van der Waals surface area contributed by atoms with Gasteiger partial charge < -0.3 is 5.11 Å². The number of rotatable bonds is 4. The summed E-state index contributed by atoms with van der Waals surface area (Å²) in [5.74, 6) is 0. The van der Waals surface area contributed by atoms with Gasteiger partial charge in [-0.15, -0.1) is 0 Å². The first-order valence-corrected chi connectivity index (χ1v) is 6.84. The summed E-state index contributed by atoms with van der Waals surface area (Å²) in [5, 5.41) is 9.21. The van der Waals surface area contributed by atoms with Crippen LogP contribution in [0, 0.1) is 0 Å². The first-order chi connectivity index (χ1) is 6.96. The molecule has 15 heavy (non-hydrogen) atoms. The average Bonchev–Trinajstić information content (AvgIpc) is 2.18. The first-order valence-electron chi connectivity index (χ1n) is 4.88. The van der Waals surface area contributed by atoms with Gasteiger partial charge in [0.05, 0.1) is 11.4 Å². The van der Waals surface area contributed by atoms with Crippen LogP contribution in [0.4, 0.5) is 0 Å². The van der Waals surface area contributed by atoms with E-state index in [9.17, 15) is 13.5 Å². The Kier molecular flexibility index (Phi) is 3.88. The maximum atomic E-state index is 11.4. The number of aliphatic hydroxyl groups excluding tert-OH is 1. The van der Waals surface area contributed by atoms with Crippen LogP contribution in [0.2, 0.25) is 0 Å². The lowest BCUT2D eigenvalue weighted by Crippen LogP contribution is -2.26. The molecule has 0 radical (unpaired) electrons. The van der Waals surface area contributed by atoms with Gasteiger partial charge in [-0.2, -0.15) is 0 Å². The predicted molar refractivity (Wildman–Crippen MR) is 60.3 cm³/mol. The van der Waals surface area contributed by atoms with Crippen LogP contribution in [0.25, 0.3) is 0 Å². The van der Waals surface area contributed by atoms with E-state index >= 15 is 0 Å². The van der Waals surface area contributed by atoms with Gasteiger partial charge in [0.25, 0.3) is 0 Å². The molecule has 0 unspecified atom stereocenters. The highest BCUT2D eigenvalue weighted by atomic mass is 32.2. The van der Waals surface area contributed by atoms with Crippen LogP contribution in [0.1, 0.15) is 25.0 Å². The van der Waals surface area contributed by atoms with Gasteiger partial charge in [0, 0.05) is 6.26 Å². The van der Waals surface area contributed by atoms with Crippen LogP contribution in [-0.4, -0.2) is 25.0 Å². The van der Waals surface area contributed by atoms with E-state index in [1.54, 1.807) is 31.2 Å². The highest BCUT2D eigenvalue weighted by Gasteiger charge is 2.27. The van der Waals surface area contributed by atoms with Crippen LogP contribution >= 0.6 is 0 Å². The summed E-state index contributed by atoms with van der Waals surface area (Å²) in [6.07, 6.45) is 0.633. The molecule has 1 N–H and O–H groups in total. The molecule has 0 bridgehead atoms. The van der Waals surface area contributed by atoms with Gasteiger partial charge in [0.2, 0.25) is 0 Å². The maximum absolute atomic E-state index is 11.4. The second-order valence-electron chi connectivity index (χ2n) is 3.63. The lowest BCUT2D eigenvalue weighted by atomic mass is 10.1. The van der Waals surface area contributed by atoms with Gasteiger partial charge in [0.1, 0.15) is 0 Å². The van der Waals surface area contributed by atoms with Crippen molar-refractivity contribution in [1.29, 1.82) is 0 Å². The molecule has 0 heterocycles. The summed E-state index contributed by atoms with van der Waals surface area (Å²) in [5.41, 5.74) is 0.648. The smallest absolute Gasteiger partial charge is 0.153 e. The molecule has 1 rings (SSSR count). The monoisotopic (exact) mass is 228 g/mol. The van der Waals surface area contributed by atoms with Crippen molar-refractivity contribution in [3.8, 4) is 0 Å². The lowest BCUT2D eigenvalue weighted by molar-refractivity contribution is 0.169. The summed E-state index contributed by atoms with van der Waals surface area (Å²) in [7, 11) is -3.21. The van der Waals surface area contributed by atoms with E-state index in [1.165, 1.54) is 0 Å². The summed E-state index contributed by atoms with van der Waals surface area (Å²) in [6, 6.07) is 8.87. The van der Waals surface area contributed by atoms with Crippen LogP contribution in [0.15, 0.2) is 30.3 Å². The summed E-state index contributed by atoms with van der Waals surface area (Å²) in [6.45, 7) is 1.76. The normalized spacial score (nSPS) is 15.9. The van der Waals surface area contributed by atoms with Crippen molar-refractivity contribution in [2.24, 2.45) is 0 Å². The van der Waals surface area contributed by atoms with E-state index in [1.807, 2.05) is 6.07 Å². The Hall–Kier alpha value is -0.870. The zero-order valence-electron chi connectivity index (χ0n) is 8.92. The minimum absolute atomic E-state index is 0.412. The Bertz CT molecular complexity index is 397. The molecule has 0 spiro atoms. The molecule has 0 aromatic heterocycles. The van der Waals surface area contributed by atoms with Gasteiger partial charge in [0.15, 0.2) is 9.84 Å². The highest BCUT2D eigenvalue weighted by molar-refractivity contribution is 7.91. The van der Waals surface area contributed by atoms with Crippen molar-refractivity contribution in [2.45, 2.75) is 24.7 Å². The third kappa shape index (κ3) is 3.04. The molecule has 0 saturated heterocycles. The molecular formula is C11H16O3S. The maximum Gasteiger partial charge on any atom is 0.153 e. The molecule has 0 amide bonds. The fraction of sp³-hybridized carbons (Fsp3) is 0.455. The standard InChI is InChI=1S/C11H16O3S/c1-3-10(15(2,13)14)11(12)9-7-5-4-6-8-9/h4-8,10-12H,3H2,1-2H3/t10-,11-/m1/s1. The van der Waals surface area contributed by atoms with E-state index in [2.05, 4.69) is 0 Å². The molecule has 0 saturated carbocycles. The predicted octanol–water partition coefficient (Wildman–Crippen LogP) is 1.54. The molecule has 4 heteroatoms. The molecule has 0 fully saturated rings. The number of sulfone groups is 1. The number of benzene rings is 1. The van der Waals surface area contributed by atoms with Gasteiger partial charge in [-0.05, 0) is 12.0 Å². The quantitative estimate of drug-likeness (QED) is 0.850. The molecule has 0 aliphatic carbocycles. The second-order valence-corrected chi connectivity index (χ2v) is 5.90. The topological polar surface area (TPSA) is 54.4 Å². The van der Waals surface area contributed by atoms with E-state index in [-0.39, 0.29) is 0 Å². The van der Waals surface area contributed by atoms with E-state index in [0.29, 0.717) is 12.0 Å². The van der Waals surface area contributed by atoms with Crippen molar-refractivity contribution >= 4 is 9.84 Å². The van der Waals surface area contributed by atoms with Crippen LogP contribution in [0.3, 0.4) is 0 Å². The summed E-state index contributed by atoms with van der Waals surface area (Å²) in [4.78, 5) is 0. The Balaban J connectivity index is 2.98. The number of hydrogen-bond donors (Lipinski definition) is 1. The van der Waals surface area contributed by atoms with E-state index in [0.717, 1.165) is 6.26 Å². The third-order valence-electron chi connectivity index (χ3n) is 2.45. The molecular weight excluding hydrogens is 212 g/mol. The zero-order chi connectivity index (χ0) is 11.5. The molecule has 1 aromatic rings. The van der Waals surface area contributed by atoms with Crippen molar-refractivity contribution in [3.05, 3.63) is 35.9 Å². The SMILES string of the molecule is CC[C@H]([C@H](O)c1ccccc1)S(C)(=O)=O. The first kappa shape index (κ1) is 12.2. The Morgan fingerprint density at radius 1 is 1.27 bits per heavy atom. The number of hydrogen-bond acceptors (Lipinski definition) is 3. The minimum atomic E-state index is -3.21. The Morgan fingerprint density at radius 3 is 2.20 bits per heavy atom. The zero-order valence-corrected chi connectivity index (χ0v) is 9.74. The van der Waals surface area contributed by atoms with Crippen LogP contribution < -0.4 is 0 Å². The Morgan fingerprint density at radius 2 is 1.80 bits per heavy atom. The van der Waals surface area contributed by atoms with Gasteiger partial charge in [-0.3, -0.25) is 0 Å². The van der Waals surface area contributed by atoms with Crippen LogP contribution in [0.5, 0.6) is 0 Å². The van der Waals surface area contributed by atoms with Gasteiger partial charge in [-0.25, -0.2) is 8.42 Å². The minimum Gasteiger partial charge on any atom is -0.387 e. The van der Waals surface area contributed by atoms with Crippen molar-refractivity contribution in [1.82, 2.24) is 0 Å². The molecule has 0 aliphatic heterocycles. The van der Waals surface area contributed by atoms with Crippen molar-refractivity contribution < 1.29 is 13.5 Å². The van der Waals surface area contributed by atoms with E-state index in [4.69, 9.17) is 0 Å². The number of aliphatic hydroxyl groups is 1.